The first kappa shape index (κ1) is 15.4. The van der Waals surface area contributed by atoms with E-state index in [0.717, 1.165) is 12.8 Å². The number of hydrogen-bond donors (Lipinski definition) is 2. The fourth-order valence-corrected chi connectivity index (χ4v) is 2.68. The summed E-state index contributed by atoms with van der Waals surface area (Å²) in [4.78, 5) is 22.1. The smallest absolute Gasteiger partial charge is 0.309 e. The van der Waals surface area contributed by atoms with Crippen LogP contribution in [0, 0.1) is 11.3 Å². The maximum atomic E-state index is 11.2. The second kappa shape index (κ2) is 6.16. The minimum atomic E-state index is -0.738. The summed E-state index contributed by atoms with van der Waals surface area (Å²) in [6, 6.07) is 4.71. The van der Waals surface area contributed by atoms with E-state index in [1.165, 1.54) is 6.07 Å². The Morgan fingerprint density at radius 3 is 2.67 bits per heavy atom. The molecule has 0 amide bonds. The lowest BCUT2D eigenvalue weighted by atomic mass is 9.72. The van der Waals surface area contributed by atoms with Gasteiger partial charge in [-0.15, -0.1) is 0 Å². The van der Waals surface area contributed by atoms with Gasteiger partial charge in [-0.2, -0.15) is 0 Å². The van der Waals surface area contributed by atoms with Crippen molar-refractivity contribution in [2.24, 2.45) is 11.3 Å². The van der Waals surface area contributed by atoms with Crippen LogP contribution < -0.4 is 4.74 Å². The van der Waals surface area contributed by atoms with E-state index >= 15 is 0 Å². The van der Waals surface area contributed by atoms with Gasteiger partial charge in [0.05, 0.1) is 17.6 Å². The number of carbonyl (C=O) groups excluding carboxylic acids is 1. The number of aldehydes is 1. The van der Waals surface area contributed by atoms with Crippen LogP contribution in [0.15, 0.2) is 18.2 Å². The Balaban J connectivity index is 1.92. The van der Waals surface area contributed by atoms with Gasteiger partial charge in [-0.1, -0.05) is 6.07 Å². The minimum Gasteiger partial charge on any atom is -0.507 e. The van der Waals surface area contributed by atoms with Gasteiger partial charge in [0, 0.05) is 0 Å². The van der Waals surface area contributed by atoms with Crippen LogP contribution in [0.2, 0.25) is 0 Å². The molecule has 0 unspecified atom stereocenters. The molecule has 0 bridgehead atoms. The molecule has 114 valence electrons. The molecule has 0 aliphatic heterocycles. The van der Waals surface area contributed by atoms with Crippen LogP contribution in [0.4, 0.5) is 0 Å². The van der Waals surface area contributed by atoms with Gasteiger partial charge >= 0.3 is 5.97 Å². The molecule has 2 rings (SSSR count). The van der Waals surface area contributed by atoms with Crippen LogP contribution in [-0.2, 0) is 4.79 Å². The van der Waals surface area contributed by atoms with Crippen LogP contribution >= 0.6 is 0 Å². The van der Waals surface area contributed by atoms with Crippen molar-refractivity contribution in [2.75, 3.05) is 6.61 Å². The molecule has 0 spiro atoms. The number of carboxylic acid groups (broad SMARTS) is 1. The number of carbonyl (C=O) groups is 2. The summed E-state index contributed by atoms with van der Waals surface area (Å²) in [6.07, 6.45) is 3.43. The predicted molar refractivity (Wildman–Crippen MR) is 76.7 cm³/mol. The molecule has 1 saturated carbocycles. The number of hydrogen-bond acceptors (Lipinski definition) is 4. The van der Waals surface area contributed by atoms with Gasteiger partial charge in [-0.25, -0.2) is 0 Å². The number of benzene rings is 1. The molecule has 1 fully saturated rings. The summed E-state index contributed by atoms with van der Waals surface area (Å²) in [5, 5.41) is 18.8. The van der Waals surface area contributed by atoms with E-state index in [2.05, 4.69) is 0 Å². The molecule has 5 heteroatoms. The van der Waals surface area contributed by atoms with Crippen molar-refractivity contribution >= 4 is 12.3 Å². The third kappa shape index (κ3) is 3.35. The van der Waals surface area contributed by atoms with Crippen molar-refractivity contribution in [3.8, 4) is 11.5 Å². The molecule has 1 aliphatic rings. The molecule has 21 heavy (non-hydrogen) atoms. The Bertz CT molecular complexity index is 529. The van der Waals surface area contributed by atoms with Crippen LogP contribution in [0.1, 0.15) is 43.0 Å². The first-order chi connectivity index (χ1) is 9.96. The Hall–Kier alpha value is -2.04. The Kier molecular flexibility index (Phi) is 4.50. The minimum absolute atomic E-state index is 0.0930. The number of ether oxygens (including phenoxy) is 1. The van der Waals surface area contributed by atoms with Gasteiger partial charge in [-0.3, -0.25) is 9.59 Å². The molecule has 1 aromatic carbocycles. The van der Waals surface area contributed by atoms with Crippen LogP contribution in [-0.4, -0.2) is 29.1 Å². The second-order valence-corrected chi connectivity index (χ2v) is 5.93. The fourth-order valence-electron chi connectivity index (χ4n) is 2.68. The SMILES string of the molecule is C[C@]1(C(=O)O)CC[C@@H](COc2cccc(O)c2C=O)CC1. The normalized spacial score (nSPS) is 25.3. The van der Waals surface area contributed by atoms with E-state index in [9.17, 15) is 19.8 Å². The lowest BCUT2D eigenvalue weighted by Crippen LogP contribution is -2.33. The molecule has 0 heterocycles. The lowest BCUT2D eigenvalue weighted by molar-refractivity contribution is -0.150. The Morgan fingerprint density at radius 1 is 1.43 bits per heavy atom. The third-order valence-electron chi connectivity index (χ3n) is 4.36. The highest BCUT2D eigenvalue weighted by molar-refractivity contribution is 5.83. The molecular weight excluding hydrogens is 272 g/mol. The van der Waals surface area contributed by atoms with Gasteiger partial charge in [-0.05, 0) is 50.7 Å². The first-order valence-corrected chi connectivity index (χ1v) is 7.09. The number of phenolic OH excluding ortho intramolecular Hbond substituents is 1. The average Bonchev–Trinajstić information content (AvgIpc) is 2.46. The summed E-state index contributed by atoms with van der Waals surface area (Å²) in [5.74, 6) is -0.182. The Labute approximate surface area is 123 Å². The first-order valence-electron chi connectivity index (χ1n) is 7.09. The van der Waals surface area contributed by atoms with E-state index in [4.69, 9.17) is 4.74 Å². The van der Waals surface area contributed by atoms with Crippen LogP contribution in [0.25, 0.3) is 0 Å². The number of carboxylic acids is 1. The van der Waals surface area contributed by atoms with E-state index < -0.39 is 11.4 Å². The Morgan fingerprint density at radius 2 is 2.10 bits per heavy atom. The number of aliphatic carboxylic acids is 1. The van der Waals surface area contributed by atoms with Crippen molar-refractivity contribution < 1.29 is 24.5 Å². The zero-order chi connectivity index (χ0) is 15.5. The molecular formula is C16H20O5. The molecule has 1 aromatic rings. The molecule has 0 aromatic heterocycles. The fraction of sp³-hybridized carbons (Fsp3) is 0.500. The molecule has 0 atom stereocenters. The van der Waals surface area contributed by atoms with Crippen molar-refractivity contribution in [3.05, 3.63) is 23.8 Å². The molecule has 2 N–H and O–H groups in total. The maximum Gasteiger partial charge on any atom is 0.309 e. The zero-order valence-corrected chi connectivity index (χ0v) is 12.0. The van der Waals surface area contributed by atoms with Gasteiger partial charge in [0.1, 0.15) is 11.5 Å². The molecule has 1 aliphatic carbocycles. The van der Waals surface area contributed by atoms with Crippen LogP contribution in [0.3, 0.4) is 0 Å². The van der Waals surface area contributed by atoms with E-state index in [1.807, 2.05) is 0 Å². The number of aromatic hydroxyl groups is 1. The maximum absolute atomic E-state index is 11.2. The summed E-state index contributed by atoms with van der Waals surface area (Å²) in [6.45, 7) is 2.21. The number of phenols is 1. The van der Waals surface area contributed by atoms with Gasteiger partial charge in [0.2, 0.25) is 0 Å². The second-order valence-electron chi connectivity index (χ2n) is 5.93. The van der Waals surface area contributed by atoms with Crippen molar-refractivity contribution in [3.63, 3.8) is 0 Å². The van der Waals surface area contributed by atoms with E-state index in [1.54, 1.807) is 19.1 Å². The summed E-state index contributed by atoms with van der Waals surface area (Å²) in [5.41, 5.74) is -0.473. The monoisotopic (exact) mass is 292 g/mol. The van der Waals surface area contributed by atoms with E-state index in [0.29, 0.717) is 31.5 Å². The van der Waals surface area contributed by atoms with Crippen molar-refractivity contribution in [1.29, 1.82) is 0 Å². The zero-order valence-electron chi connectivity index (χ0n) is 12.0. The summed E-state index contributed by atoms with van der Waals surface area (Å²) >= 11 is 0. The topological polar surface area (TPSA) is 83.8 Å². The predicted octanol–water partition coefficient (Wildman–Crippen LogP) is 2.86. The van der Waals surface area contributed by atoms with Gasteiger partial charge < -0.3 is 14.9 Å². The standard InChI is InChI=1S/C16H20O5/c1-16(15(19)20)7-5-11(6-8-16)10-21-14-4-2-3-13(18)12(14)9-17/h2-4,9,11,18H,5-8,10H2,1H3,(H,19,20)/t11-,16+. The van der Waals surface area contributed by atoms with Crippen LogP contribution in [0.5, 0.6) is 11.5 Å². The summed E-state index contributed by atoms with van der Waals surface area (Å²) in [7, 11) is 0. The number of rotatable bonds is 5. The average molecular weight is 292 g/mol. The van der Waals surface area contributed by atoms with Crippen molar-refractivity contribution in [1.82, 2.24) is 0 Å². The highest BCUT2D eigenvalue weighted by atomic mass is 16.5. The molecule has 5 nitrogen and oxygen atoms in total. The van der Waals surface area contributed by atoms with Crippen molar-refractivity contribution in [2.45, 2.75) is 32.6 Å². The third-order valence-corrected chi connectivity index (χ3v) is 4.36. The van der Waals surface area contributed by atoms with Gasteiger partial charge in [0.25, 0.3) is 0 Å². The molecule has 0 saturated heterocycles. The molecule has 0 radical (unpaired) electrons. The van der Waals surface area contributed by atoms with Gasteiger partial charge in [0.15, 0.2) is 6.29 Å². The summed E-state index contributed by atoms with van der Waals surface area (Å²) < 4.78 is 5.64. The highest BCUT2D eigenvalue weighted by Gasteiger charge is 2.37. The highest BCUT2D eigenvalue weighted by Crippen LogP contribution is 2.39. The quantitative estimate of drug-likeness (QED) is 0.815. The largest absolute Gasteiger partial charge is 0.507 e. The lowest BCUT2D eigenvalue weighted by Gasteiger charge is -2.33. The van der Waals surface area contributed by atoms with E-state index in [-0.39, 0.29) is 17.2 Å².